The summed E-state index contributed by atoms with van der Waals surface area (Å²) in [4.78, 5) is 12.1. The van der Waals surface area contributed by atoms with Crippen molar-refractivity contribution >= 4 is 27.3 Å². The van der Waals surface area contributed by atoms with Crippen molar-refractivity contribution in [2.45, 2.75) is 38.5 Å². The molecular weight excluding hydrogens is 310 g/mol. The van der Waals surface area contributed by atoms with Crippen molar-refractivity contribution in [3.05, 3.63) is 15.8 Å². The zero-order chi connectivity index (χ0) is 15.8. The Balaban J connectivity index is 2.37. The third kappa shape index (κ3) is 3.14. The SMILES string of the molecule is COC(=O)c1scc(C)c1S(=O)(=O)N1CCC(C)(C)CC1. The molecule has 0 atom stereocenters. The minimum absolute atomic E-state index is 0.110. The van der Waals surface area contributed by atoms with Crippen LogP contribution in [-0.4, -0.2) is 38.9 Å². The molecular formula is C14H21NO4S2. The molecule has 21 heavy (non-hydrogen) atoms. The number of thiophene rings is 1. The molecule has 2 rings (SSSR count). The number of rotatable bonds is 3. The topological polar surface area (TPSA) is 63.7 Å². The number of piperidine rings is 1. The largest absolute Gasteiger partial charge is 0.465 e. The van der Waals surface area contributed by atoms with E-state index in [0.29, 0.717) is 18.7 Å². The van der Waals surface area contributed by atoms with Gasteiger partial charge in [0.2, 0.25) is 10.0 Å². The molecule has 0 radical (unpaired) electrons. The predicted molar refractivity (Wildman–Crippen MR) is 82.2 cm³/mol. The summed E-state index contributed by atoms with van der Waals surface area (Å²) in [7, 11) is -2.38. The molecule has 0 N–H and O–H groups in total. The number of ether oxygens (including phenoxy) is 1. The maximum atomic E-state index is 12.8. The number of carbonyl (C=O) groups is 1. The normalized spacial score (nSPS) is 19.4. The van der Waals surface area contributed by atoms with Crippen LogP contribution in [0.2, 0.25) is 0 Å². The first-order valence-corrected chi connectivity index (χ1v) is 9.17. The molecule has 1 saturated heterocycles. The van der Waals surface area contributed by atoms with E-state index in [0.717, 1.165) is 24.2 Å². The molecule has 0 spiro atoms. The fourth-order valence-electron chi connectivity index (χ4n) is 2.45. The maximum Gasteiger partial charge on any atom is 0.349 e. The number of methoxy groups -OCH3 is 1. The highest BCUT2D eigenvalue weighted by atomic mass is 32.2. The monoisotopic (exact) mass is 331 g/mol. The molecule has 0 aliphatic carbocycles. The lowest BCUT2D eigenvalue weighted by atomic mass is 9.83. The number of aryl methyl sites for hydroxylation is 1. The van der Waals surface area contributed by atoms with E-state index in [1.165, 1.54) is 11.4 Å². The average Bonchev–Trinajstić information content (AvgIpc) is 2.80. The van der Waals surface area contributed by atoms with Gasteiger partial charge in [-0.25, -0.2) is 13.2 Å². The van der Waals surface area contributed by atoms with Crippen LogP contribution < -0.4 is 0 Å². The van der Waals surface area contributed by atoms with Gasteiger partial charge in [0.25, 0.3) is 0 Å². The van der Waals surface area contributed by atoms with Gasteiger partial charge >= 0.3 is 5.97 Å². The second kappa shape index (κ2) is 5.70. The van der Waals surface area contributed by atoms with Gasteiger partial charge in [0.1, 0.15) is 9.77 Å². The van der Waals surface area contributed by atoms with Gasteiger partial charge in [-0.2, -0.15) is 4.31 Å². The Morgan fingerprint density at radius 3 is 2.43 bits per heavy atom. The van der Waals surface area contributed by atoms with E-state index in [1.54, 1.807) is 12.3 Å². The number of hydrogen-bond donors (Lipinski definition) is 0. The number of carbonyl (C=O) groups excluding carboxylic acids is 1. The lowest BCUT2D eigenvalue weighted by Gasteiger charge is -2.36. The Morgan fingerprint density at radius 1 is 1.33 bits per heavy atom. The van der Waals surface area contributed by atoms with E-state index >= 15 is 0 Å². The van der Waals surface area contributed by atoms with Crippen molar-refractivity contribution in [1.29, 1.82) is 0 Å². The molecule has 0 unspecified atom stereocenters. The van der Waals surface area contributed by atoms with Crippen LogP contribution in [0.3, 0.4) is 0 Å². The molecule has 1 aromatic rings. The van der Waals surface area contributed by atoms with Crippen molar-refractivity contribution in [2.24, 2.45) is 5.41 Å². The van der Waals surface area contributed by atoms with Gasteiger partial charge in [-0.3, -0.25) is 0 Å². The summed E-state index contributed by atoms with van der Waals surface area (Å²) in [5, 5.41) is 1.69. The molecule has 0 aromatic carbocycles. The third-order valence-corrected chi connectivity index (χ3v) is 7.26. The molecule has 1 fully saturated rings. The summed E-state index contributed by atoms with van der Waals surface area (Å²) in [6.07, 6.45) is 1.64. The second-order valence-corrected chi connectivity index (χ2v) is 8.89. The summed E-state index contributed by atoms with van der Waals surface area (Å²) < 4.78 is 31.9. The minimum Gasteiger partial charge on any atom is -0.465 e. The summed E-state index contributed by atoms with van der Waals surface area (Å²) in [6, 6.07) is 0. The molecule has 1 aromatic heterocycles. The van der Waals surface area contributed by atoms with Crippen LogP contribution in [0, 0.1) is 12.3 Å². The Hall–Kier alpha value is -0.920. The Labute approximate surface area is 130 Å². The van der Waals surface area contributed by atoms with E-state index in [9.17, 15) is 13.2 Å². The minimum atomic E-state index is -3.64. The van der Waals surface area contributed by atoms with Crippen LogP contribution in [0.15, 0.2) is 10.3 Å². The lowest BCUT2D eigenvalue weighted by molar-refractivity contribution is 0.0602. The quantitative estimate of drug-likeness (QED) is 0.799. The smallest absolute Gasteiger partial charge is 0.349 e. The molecule has 2 heterocycles. The van der Waals surface area contributed by atoms with Crippen LogP contribution in [0.4, 0.5) is 0 Å². The van der Waals surface area contributed by atoms with Gasteiger partial charge in [0.15, 0.2) is 0 Å². The second-order valence-electron chi connectivity index (χ2n) is 6.14. The Bertz CT molecular complexity index is 636. The molecule has 7 heteroatoms. The molecule has 0 saturated carbocycles. The number of esters is 1. The highest BCUT2D eigenvalue weighted by Crippen LogP contribution is 2.35. The van der Waals surface area contributed by atoms with E-state index in [-0.39, 0.29) is 15.2 Å². The van der Waals surface area contributed by atoms with E-state index in [2.05, 4.69) is 13.8 Å². The summed E-state index contributed by atoms with van der Waals surface area (Å²) >= 11 is 1.12. The fraction of sp³-hybridized carbons (Fsp3) is 0.643. The predicted octanol–water partition coefficient (Wildman–Crippen LogP) is 2.65. The fourth-order valence-corrected chi connectivity index (χ4v) is 5.55. The molecule has 5 nitrogen and oxygen atoms in total. The molecule has 1 aliphatic rings. The number of sulfonamides is 1. The summed E-state index contributed by atoms with van der Waals surface area (Å²) in [5.74, 6) is -0.594. The van der Waals surface area contributed by atoms with Crippen LogP contribution in [-0.2, 0) is 14.8 Å². The van der Waals surface area contributed by atoms with Crippen molar-refractivity contribution in [3.8, 4) is 0 Å². The first-order chi connectivity index (χ1) is 9.69. The highest BCUT2D eigenvalue weighted by molar-refractivity contribution is 7.89. The standard InChI is InChI=1S/C14H21NO4S2/c1-10-9-20-11(13(16)19-4)12(10)21(17,18)15-7-5-14(2,3)6-8-15/h9H,5-8H2,1-4H3. The Kier molecular flexibility index (Phi) is 4.46. The van der Waals surface area contributed by atoms with Crippen molar-refractivity contribution in [2.75, 3.05) is 20.2 Å². The van der Waals surface area contributed by atoms with Gasteiger partial charge in [0.05, 0.1) is 7.11 Å². The van der Waals surface area contributed by atoms with Gasteiger partial charge in [-0.15, -0.1) is 11.3 Å². The van der Waals surface area contributed by atoms with Crippen LogP contribution in [0.1, 0.15) is 41.9 Å². The molecule has 1 aliphatic heterocycles. The van der Waals surface area contributed by atoms with Crippen molar-refractivity contribution in [1.82, 2.24) is 4.31 Å². The molecule has 0 amide bonds. The van der Waals surface area contributed by atoms with Crippen LogP contribution in [0.25, 0.3) is 0 Å². The van der Waals surface area contributed by atoms with Crippen LogP contribution in [0.5, 0.6) is 0 Å². The van der Waals surface area contributed by atoms with E-state index < -0.39 is 16.0 Å². The average molecular weight is 331 g/mol. The van der Waals surface area contributed by atoms with Crippen molar-refractivity contribution in [3.63, 3.8) is 0 Å². The zero-order valence-electron chi connectivity index (χ0n) is 12.8. The maximum absolute atomic E-state index is 12.8. The third-order valence-electron chi connectivity index (χ3n) is 3.96. The lowest BCUT2D eigenvalue weighted by Crippen LogP contribution is -2.41. The van der Waals surface area contributed by atoms with Crippen molar-refractivity contribution < 1.29 is 17.9 Å². The van der Waals surface area contributed by atoms with Gasteiger partial charge in [-0.1, -0.05) is 13.8 Å². The molecule has 118 valence electrons. The first kappa shape index (κ1) is 16.5. The summed E-state index contributed by atoms with van der Waals surface area (Å²) in [6.45, 7) is 6.99. The van der Waals surface area contributed by atoms with Gasteiger partial charge < -0.3 is 4.74 Å². The van der Waals surface area contributed by atoms with E-state index in [1.807, 2.05) is 0 Å². The Morgan fingerprint density at radius 2 is 1.90 bits per heavy atom. The summed E-state index contributed by atoms with van der Waals surface area (Å²) in [5.41, 5.74) is 0.770. The van der Waals surface area contributed by atoms with E-state index in [4.69, 9.17) is 4.74 Å². The van der Waals surface area contributed by atoms with Crippen LogP contribution >= 0.6 is 11.3 Å². The highest BCUT2D eigenvalue weighted by Gasteiger charge is 2.36. The van der Waals surface area contributed by atoms with Gasteiger partial charge in [-0.05, 0) is 36.1 Å². The number of hydrogen-bond acceptors (Lipinski definition) is 5. The first-order valence-electron chi connectivity index (χ1n) is 6.85. The zero-order valence-corrected chi connectivity index (χ0v) is 14.4. The molecule has 0 bridgehead atoms. The van der Waals surface area contributed by atoms with Gasteiger partial charge in [0, 0.05) is 13.1 Å². The number of nitrogens with zero attached hydrogens (tertiary/aromatic N) is 1.